The average molecular weight is 417 g/mol. The molecule has 0 radical (unpaired) electrons. The molecular weight excluding hydrogens is 388 g/mol. The highest BCUT2D eigenvalue weighted by Crippen LogP contribution is 2.24. The molecule has 0 bridgehead atoms. The molecule has 156 valence electrons. The first kappa shape index (κ1) is 21.3. The fraction of sp³-hybridized carbons (Fsp3) is 0.409. The van der Waals surface area contributed by atoms with Crippen molar-refractivity contribution >= 4 is 15.9 Å². The standard InChI is InChI=1S/C22H28N2O4S/c1-23(16-18-8-10-21(28-2)11-9-18)22(25)20-12-14-24(15-13-20)29(26,27)17-19-6-4-3-5-7-19/h3-11,20H,12-17H2,1-2H3. The Morgan fingerprint density at radius 1 is 1.03 bits per heavy atom. The summed E-state index contributed by atoms with van der Waals surface area (Å²) < 4.78 is 32.0. The van der Waals surface area contributed by atoms with Crippen molar-refractivity contribution in [2.24, 2.45) is 5.92 Å². The molecule has 2 aromatic rings. The number of carbonyl (C=O) groups is 1. The first-order chi connectivity index (χ1) is 13.9. The zero-order valence-electron chi connectivity index (χ0n) is 17.0. The number of benzene rings is 2. The van der Waals surface area contributed by atoms with E-state index in [9.17, 15) is 13.2 Å². The summed E-state index contributed by atoms with van der Waals surface area (Å²) in [5.41, 5.74) is 1.81. The van der Waals surface area contributed by atoms with Crippen molar-refractivity contribution in [1.82, 2.24) is 9.21 Å². The number of piperidine rings is 1. The highest BCUT2D eigenvalue weighted by atomic mass is 32.2. The minimum absolute atomic E-state index is 0.00380. The molecule has 1 saturated heterocycles. The molecule has 1 aliphatic rings. The van der Waals surface area contributed by atoms with Crippen LogP contribution in [0.2, 0.25) is 0 Å². The topological polar surface area (TPSA) is 66.9 Å². The van der Waals surface area contributed by atoms with Gasteiger partial charge in [0.25, 0.3) is 0 Å². The Morgan fingerprint density at radius 2 is 1.66 bits per heavy atom. The minimum atomic E-state index is -3.36. The van der Waals surface area contributed by atoms with Gasteiger partial charge in [-0.25, -0.2) is 12.7 Å². The van der Waals surface area contributed by atoms with Gasteiger partial charge in [0.2, 0.25) is 15.9 Å². The molecule has 6 nitrogen and oxygen atoms in total. The maximum atomic E-state index is 12.8. The van der Waals surface area contributed by atoms with E-state index in [0.717, 1.165) is 16.9 Å². The summed E-state index contributed by atoms with van der Waals surface area (Å²) in [6.07, 6.45) is 1.11. The predicted octanol–water partition coefficient (Wildman–Crippen LogP) is 2.90. The summed E-state index contributed by atoms with van der Waals surface area (Å²) in [4.78, 5) is 14.5. The molecule has 0 aliphatic carbocycles. The van der Waals surface area contributed by atoms with Gasteiger partial charge in [0.15, 0.2) is 0 Å². The van der Waals surface area contributed by atoms with Crippen molar-refractivity contribution in [3.05, 3.63) is 65.7 Å². The molecule has 0 spiro atoms. The number of hydrogen-bond donors (Lipinski definition) is 0. The quantitative estimate of drug-likeness (QED) is 0.696. The maximum Gasteiger partial charge on any atom is 0.225 e. The van der Waals surface area contributed by atoms with Crippen LogP contribution in [0.5, 0.6) is 5.75 Å². The molecule has 0 atom stereocenters. The largest absolute Gasteiger partial charge is 0.497 e. The van der Waals surface area contributed by atoms with Crippen molar-refractivity contribution in [3.63, 3.8) is 0 Å². The summed E-state index contributed by atoms with van der Waals surface area (Å²) in [5, 5.41) is 0. The monoisotopic (exact) mass is 416 g/mol. The molecule has 1 heterocycles. The fourth-order valence-corrected chi connectivity index (χ4v) is 5.21. The Hall–Kier alpha value is -2.38. The van der Waals surface area contributed by atoms with Crippen LogP contribution in [0.4, 0.5) is 0 Å². The lowest BCUT2D eigenvalue weighted by molar-refractivity contribution is -0.135. The van der Waals surface area contributed by atoms with Crippen LogP contribution in [0.1, 0.15) is 24.0 Å². The molecule has 0 unspecified atom stereocenters. The Balaban J connectivity index is 1.53. The van der Waals surface area contributed by atoms with Crippen LogP contribution in [0.15, 0.2) is 54.6 Å². The number of sulfonamides is 1. The van der Waals surface area contributed by atoms with Crippen LogP contribution in [0.25, 0.3) is 0 Å². The van der Waals surface area contributed by atoms with Gasteiger partial charge in [-0.2, -0.15) is 0 Å². The van der Waals surface area contributed by atoms with E-state index in [2.05, 4.69) is 0 Å². The molecule has 2 aromatic carbocycles. The number of nitrogens with zero attached hydrogens (tertiary/aromatic N) is 2. The second-order valence-electron chi connectivity index (χ2n) is 7.46. The van der Waals surface area contributed by atoms with Gasteiger partial charge in [0.1, 0.15) is 5.75 Å². The van der Waals surface area contributed by atoms with Crippen molar-refractivity contribution in [2.45, 2.75) is 25.1 Å². The van der Waals surface area contributed by atoms with Gasteiger partial charge in [-0.3, -0.25) is 4.79 Å². The Bertz CT molecular complexity index is 906. The third kappa shape index (κ3) is 5.58. The summed E-state index contributed by atoms with van der Waals surface area (Å²) >= 11 is 0. The lowest BCUT2D eigenvalue weighted by Gasteiger charge is -2.32. The zero-order valence-corrected chi connectivity index (χ0v) is 17.8. The van der Waals surface area contributed by atoms with Crippen LogP contribution in [-0.4, -0.2) is 50.8 Å². The van der Waals surface area contributed by atoms with E-state index in [1.54, 1.807) is 19.1 Å². The Morgan fingerprint density at radius 3 is 2.24 bits per heavy atom. The second-order valence-corrected chi connectivity index (χ2v) is 9.43. The molecule has 1 amide bonds. The first-order valence-corrected chi connectivity index (χ1v) is 11.4. The molecule has 29 heavy (non-hydrogen) atoms. The smallest absolute Gasteiger partial charge is 0.225 e. The van der Waals surface area contributed by atoms with Gasteiger partial charge in [0.05, 0.1) is 12.9 Å². The second kappa shape index (κ2) is 9.41. The molecule has 3 rings (SSSR count). The maximum absolute atomic E-state index is 12.8. The molecule has 0 N–H and O–H groups in total. The van der Waals surface area contributed by atoms with Crippen LogP contribution < -0.4 is 4.74 Å². The lowest BCUT2D eigenvalue weighted by atomic mass is 9.96. The van der Waals surface area contributed by atoms with Gasteiger partial charge in [0, 0.05) is 32.6 Å². The highest BCUT2D eigenvalue weighted by Gasteiger charge is 2.32. The average Bonchev–Trinajstić information content (AvgIpc) is 2.74. The van der Waals surface area contributed by atoms with Gasteiger partial charge in [-0.1, -0.05) is 42.5 Å². The third-order valence-corrected chi connectivity index (χ3v) is 7.19. The molecule has 1 fully saturated rings. The Kier molecular flexibility index (Phi) is 6.92. The minimum Gasteiger partial charge on any atom is -0.497 e. The van der Waals surface area contributed by atoms with E-state index >= 15 is 0 Å². The van der Waals surface area contributed by atoms with Gasteiger partial charge < -0.3 is 9.64 Å². The van der Waals surface area contributed by atoms with Crippen molar-refractivity contribution in [1.29, 1.82) is 0 Å². The zero-order chi connectivity index (χ0) is 20.9. The summed E-state index contributed by atoms with van der Waals surface area (Å²) in [7, 11) is 0.0544. The summed E-state index contributed by atoms with van der Waals surface area (Å²) in [5.74, 6) is 0.721. The van der Waals surface area contributed by atoms with Crippen LogP contribution >= 0.6 is 0 Å². The molecule has 1 aliphatic heterocycles. The van der Waals surface area contributed by atoms with Crippen molar-refractivity contribution in [3.8, 4) is 5.75 Å². The SMILES string of the molecule is COc1ccc(CN(C)C(=O)C2CCN(S(=O)(=O)Cc3ccccc3)CC2)cc1. The van der Waals surface area contributed by atoms with Crippen LogP contribution in [0, 0.1) is 5.92 Å². The van der Waals surface area contributed by atoms with E-state index in [1.165, 1.54) is 4.31 Å². The van der Waals surface area contributed by atoms with E-state index in [1.807, 2.05) is 54.6 Å². The summed E-state index contributed by atoms with van der Waals surface area (Å²) in [6, 6.07) is 16.8. The molecule has 0 saturated carbocycles. The normalized spacial score (nSPS) is 15.8. The first-order valence-electron chi connectivity index (χ1n) is 9.78. The third-order valence-electron chi connectivity index (χ3n) is 5.34. The van der Waals surface area contributed by atoms with Gasteiger partial charge in [-0.15, -0.1) is 0 Å². The summed E-state index contributed by atoms with van der Waals surface area (Å²) in [6.45, 7) is 1.30. The van der Waals surface area contributed by atoms with E-state index < -0.39 is 10.0 Å². The number of amides is 1. The van der Waals surface area contributed by atoms with Crippen LogP contribution in [0.3, 0.4) is 0 Å². The van der Waals surface area contributed by atoms with Crippen molar-refractivity contribution < 1.29 is 17.9 Å². The number of carbonyl (C=O) groups excluding carboxylic acids is 1. The lowest BCUT2D eigenvalue weighted by Crippen LogP contribution is -2.43. The predicted molar refractivity (Wildman–Crippen MR) is 113 cm³/mol. The molecular formula is C22H28N2O4S. The van der Waals surface area contributed by atoms with Gasteiger partial charge >= 0.3 is 0 Å². The van der Waals surface area contributed by atoms with E-state index in [-0.39, 0.29) is 17.6 Å². The van der Waals surface area contributed by atoms with Crippen molar-refractivity contribution in [2.75, 3.05) is 27.2 Å². The number of rotatable bonds is 7. The van der Waals surface area contributed by atoms with Gasteiger partial charge in [-0.05, 0) is 36.1 Å². The molecule has 0 aromatic heterocycles. The number of methoxy groups -OCH3 is 1. The number of hydrogen-bond acceptors (Lipinski definition) is 4. The van der Waals surface area contributed by atoms with Crippen LogP contribution in [-0.2, 0) is 27.1 Å². The molecule has 7 heteroatoms. The fourth-order valence-electron chi connectivity index (χ4n) is 3.65. The highest BCUT2D eigenvalue weighted by molar-refractivity contribution is 7.88. The van der Waals surface area contributed by atoms with E-state index in [4.69, 9.17) is 4.74 Å². The number of ether oxygens (including phenoxy) is 1. The Labute approximate surface area is 173 Å². The van der Waals surface area contributed by atoms with E-state index in [0.29, 0.717) is 32.5 Å².